The van der Waals surface area contributed by atoms with Crippen LogP contribution >= 0.6 is 22.9 Å². The van der Waals surface area contributed by atoms with E-state index in [0.29, 0.717) is 34.9 Å². The lowest BCUT2D eigenvalue weighted by molar-refractivity contribution is 0.0937. The minimum absolute atomic E-state index is 0.0793. The van der Waals surface area contributed by atoms with Crippen molar-refractivity contribution in [2.24, 2.45) is 18.9 Å². The van der Waals surface area contributed by atoms with E-state index in [4.69, 9.17) is 16.6 Å². The van der Waals surface area contributed by atoms with Crippen molar-refractivity contribution in [3.63, 3.8) is 0 Å². The van der Waals surface area contributed by atoms with Gasteiger partial charge in [-0.1, -0.05) is 22.9 Å². The molecule has 1 aliphatic carbocycles. The number of aliphatic hydroxyl groups is 1. The molecule has 5 rings (SSSR count). The van der Waals surface area contributed by atoms with Gasteiger partial charge in [-0.25, -0.2) is 9.97 Å². The zero-order valence-corrected chi connectivity index (χ0v) is 19.9. The van der Waals surface area contributed by atoms with Gasteiger partial charge >= 0.3 is 0 Å². The number of halogens is 1. The van der Waals surface area contributed by atoms with E-state index in [9.17, 15) is 9.90 Å². The first-order valence-electron chi connectivity index (χ1n) is 11.2. The molecule has 0 unspecified atom stereocenters. The molecule has 4 aromatic rings. The van der Waals surface area contributed by atoms with Gasteiger partial charge in [0.15, 0.2) is 5.13 Å². The molecule has 9 heteroatoms. The average Bonchev–Trinajstić information content (AvgIpc) is 3.37. The smallest absolute Gasteiger partial charge is 0.251 e. The second-order valence-corrected chi connectivity index (χ2v) is 10.2. The number of aryl methyl sites for hydroxylation is 1. The Kier molecular flexibility index (Phi) is 6.23. The van der Waals surface area contributed by atoms with Crippen LogP contribution in [0.25, 0.3) is 21.3 Å². The number of hydrogen-bond donors (Lipinski definition) is 3. The molecule has 172 valence electrons. The molecule has 3 N–H and O–H groups in total. The van der Waals surface area contributed by atoms with E-state index in [1.54, 1.807) is 0 Å². The third kappa shape index (κ3) is 4.69. The van der Waals surface area contributed by atoms with Crippen molar-refractivity contribution in [1.82, 2.24) is 19.9 Å². The summed E-state index contributed by atoms with van der Waals surface area (Å²) in [5.41, 5.74) is 3.17. The Balaban J connectivity index is 1.28. The first-order valence-corrected chi connectivity index (χ1v) is 12.4. The van der Waals surface area contributed by atoms with Crippen LogP contribution in [0.15, 0.2) is 36.4 Å². The molecular formula is C24H26ClN5O2S. The highest BCUT2D eigenvalue weighted by molar-refractivity contribution is 7.22. The number of imidazole rings is 1. The van der Waals surface area contributed by atoms with Crippen molar-refractivity contribution < 1.29 is 9.90 Å². The van der Waals surface area contributed by atoms with Crippen LogP contribution < -0.4 is 10.6 Å². The molecule has 33 heavy (non-hydrogen) atoms. The molecule has 0 saturated heterocycles. The number of anilines is 2. The number of nitrogens with one attached hydrogen (secondary N) is 2. The van der Waals surface area contributed by atoms with Crippen molar-refractivity contribution in [3.8, 4) is 0 Å². The maximum Gasteiger partial charge on any atom is 0.251 e. The van der Waals surface area contributed by atoms with Crippen LogP contribution in [-0.4, -0.2) is 38.7 Å². The minimum Gasteiger partial charge on any atom is -0.396 e. The van der Waals surface area contributed by atoms with Crippen molar-refractivity contribution in [3.05, 3.63) is 47.0 Å². The largest absolute Gasteiger partial charge is 0.396 e. The molecule has 2 aromatic heterocycles. The van der Waals surface area contributed by atoms with Crippen LogP contribution in [-0.2, 0) is 7.05 Å². The molecule has 0 spiro atoms. The monoisotopic (exact) mass is 483 g/mol. The number of carbonyl (C=O) groups excluding carboxylic acids is 1. The summed E-state index contributed by atoms with van der Waals surface area (Å²) in [5, 5.41) is 17.1. The Morgan fingerprint density at radius 1 is 1.12 bits per heavy atom. The molecule has 1 fully saturated rings. The van der Waals surface area contributed by atoms with Gasteiger partial charge in [-0.3, -0.25) is 4.79 Å². The minimum atomic E-state index is -0.0793. The summed E-state index contributed by atoms with van der Waals surface area (Å²) < 4.78 is 2.96. The van der Waals surface area contributed by atoms with Gasteiger partial charge in [-0.2, -0.15) is 0 Å². The molecule has 7 nitrogen and oxygen atoms in total. The average molecular weight is 484 g/mol. The van der Waals surface area contributed by atoms with Crippen LogP contribution in [0.1, 0.15) is 36.0 Å². The van der Waals surface area contributed by atoms with Crippen molar-refractivity contribution >= 4 is 61.2 Å². The Labute approximate surface area is 200 Å². The number of aromatic nitrogens is 3. The van der Waals surface area contributed by atoms with E-state index >= 15 is 0 Å². The van der Waals surface area contributed by atoms with E-state index in [2.05, 4.69) is 15.6 Å². The quantitative estimate of drug-likeness (QED) is 0.354. The summed E-state index contributed by atoms with van der Waals surface area (Å²) >= 11 is 7.60. The highest BCUT2D eigenvalue weighted by Gasteiger charge is 2.21. The topological polar surface area (TPSA) is 92.1 Å². The first-order chi connectivity index (χ1) is 16.0. The van der Waals surface area contributed by atoms with E-state index in [1.165, 1.54) is 11.3 Å². The van der Waals surface area contributed by atoms with Crippen LogP contribution in [0.2, 0.25) is 5.02 Å². The van der Waals surface area contributed by atoms with Crippen LogP contribution in [0.5, 0.6) is 0 Å². The van der Waals surface area contributed by atoms with Crippen molar-refractivity contribution in [2.45, 2.75) is 25.7 Å². The Bertz CT molecular complexity index is 1310. The normalized spacial score (nSPS) is 18.6. The van der Waals surface area contributed by atoms with E-state index in [-0.39, 0.29) is 12.5 Å². The molecule has 2 aromatic carbocycles. The lowest BCUT2D eigenvalue weighted by Crippen LogP contribution is -2.31. The Hall–Kier alpha value is -2.68. The van der Waals surface area contributed by atoms with E-state index in [0.717, 1.165) is 52.1 Å². The summed E-state index contributed by atoms with van der Waals surface area (Å²) in [5.74, 6) is 1.49. The lowest BCUT2D eigenvalue weighted by Gasteiger charge is -2.27. The zero-order chi connectivity index (χ0) is 22.9. The van der Waals surface area contributed by atoms with Crippen LogP contribution in [0, 0.1) is 11.8 Å². The van der Waals surface area contributed by atoms with Crippen molar-refractivity contribution in [1.29, 1.82) is 0 Å². The fourth-order valence-corrected chi connectivity index (χ4v) is 5.59. The standard InChI is InChI=1S/C24H26ClN5O2S/c1-30-20-9-6-16(22(32)26-12-14-2-4-15(13-31)5-3-14)10-19(20)27-23(30)29-24-28-18-8-7-17(25)11-21(18)33-24/h6-11,14-15,31H,2-5,12-13H2,1H3,(H,26,32)(H,27,28,29)/t14-,15-. The highest BCUT2D eigenvalue weighted by atomic mass is 35.5. The maximum absolute atomic E-state index is 12.7. The molecule has 0 atom stereocenters. The summed E-state index contributed by atoms with van der Waals surface area (Å²) in [6.45, 7) is 0.943. The number of carbonyl (C=O) groups is 1. The van der Waals surface area contributed by atoms with E-state index < -0.39 is 0 Å². The van der Waals surface area contributed by atoms with Gasteiger partial charge in [-0.05, 0) is 73.9 Å². The number of hydrogen-bond acceptors (Lipinski definition) is 6. The van der Waals surface area contributed by atoms with Gasteiger partial charge in [-0.15, -0.1) is 0 Å². The molecule has 1 amide bonds. The third-order valence-electron chi connectivity index (χ3n) is 6.49. The van der Waals surface area contributed by atoms with Gasteiger partial charge in [0.25, 0.3) is 5.91 Å². The Morgan fingerprint density at radius 3 is 2.70 bits per heavy atom. The third-order valence-corrected chi connectivity index (χ3v) is 7.66. The number of amides is 1. The highest BCUT2D eigenvalue weighted by Crippen LogP contribution is 2.31. The summed E-state index contributed by atoms with van der Waals surface area (Å²) in [4.78, 5) is 22.0. The lowest BCUT2D eigenvalue weighted by atomic mass is 9.82. The molecule has 0 radical (unpaired) electrons. The molecule has 1 aliphatic rings. The molecule has 0 bridgehead atoms. The summed E-state index contributed by atoms with van der Waals surface area (Å²) in [7, 11) is 1.93. The number of fused-ring (bicyclic) bond motifs is 2. The van der Waals surface area contributed by atoms with Gasteiger partial charge in [0.1, 0.15) is 0 Å². The maximum atomic E-state index is 12.7. The van der Waals surface area contributed by atoms with Gasteiger partial charge < -0.3 is 20.3 Å². The van der Waals surface area contributed by atoms with Gasteiger partial charge in [0.05, 0.1) is 21.3 Å². The first kappa shape index (κ1) is 22.1. The van der Waals surface area contributed by atoms with Crippen LogP contribution in [0.3, 0.4) is 0 Å². The fourth-order valence-electron chi connectivity index (χ4n) is 4.46. The zero-order valence-electron chi connectivity index (χ0n) is 18.3. The molecular weight excluding hydrogens is 458 g/mol. The second-order valence-electron chi connectivity index (χ2n) is 8.73. The van der Waals surface area contributed by atoms with E-state index in [1.807, 2.05) is 48.0 Å². The second kappa shape index (κ2) is 9.29. The fraction of sp³-hybridized carbons (Fsp3) is 0.375. The van der Waals surface area contributed by atoms with Gasteiger partial charge in [0, 0.05) is 30.8 Å². The number of nitrogens with zero attached hydrogens (tertiary/aromatic N) is 3. The molecule has 2 heterocycles. The molecule has 0 aliphatic heterocycles. The predicted octanol–water partition coefficient (Wildman–Crippen LogP) is 5.11. The predicted molar refractivity (Wildman–Crippen MR) is 133 cm³/mol. The summed E-state index contributed by atoms with van der Waals surface area (Å²) in [6, 6.07) is 11.2. The SMILES string of the molecule is Cn1c(Nc2nc3ccc(Cl)cc3s2)nc2cc(C(=O)NC[C@H]3CC[C@H](CO)CC3)ccc21. The number of rotatable bonds is 6. The number of benzene rings is 2. The van der Waals surface area contributed by atoms with Crippen LogP contribution in [0.4, 0.5) is 11.1 Å². The molecule has 1 saturated carbocycles. The van der Waals surface area contributed by atoms with Gasteiger partial charge in [0.2, 0.25) is 5.95 Å². The summed E-state index contributed by atoms with van der Waals surface area (Å²) in [6.07, 6.45) is 4.18. The Morgan fingerprint density at radius 2 is 1.91 bits per heavy atom. The van der Waals surface area contributed by atoms with Crippen molar-refractivity contribution in [2.75, 3.05) is 18.5 Å². The number of aliphatic hydroxyl groups excluding tert-OH is 1. The number of thiazole rings is 1.